The number of hydrogen-bond donors (Lipinski definition) is 0. The maximum atomic E-state index is 13.7. The largest absolute Gasteiger partial charge is 0.304 e. The van der Waals surface area contributed by atoms with Crippen molar-refractivity contribution in [3.63, 3.8) is 0 Å². The minimum atomic E-state index is -0.0173. The molecule has 0 atom stereocenters. The highest BCUT2D eigenvalue weighted by Gasteiger charge is 2.22. The molecule has 0 saturated carbocycles. The van der Waals surface area contributed by atoms with E-state index < -0.39 is 0 Å². The smallest absolute Gasteiger partial charge is 0.258 e. The number of aromatic nitrogens is 1. The Kier molecular flexibility index (Phi) is 5.60. The first kappa shape index (κ1) is 20.8. The molecule has 0 aliphatic rings. The van der Waals surface area contributed by atoms with Crippen molar-refractivity contribution in [2.45, 2.75) is 39.7 Å². The SMILES string of the molecule is Cc1cnccc1C(=O)N(Cc1cccc2ccccc12)c1ccc(C(C)(C)C)cc1. The third-order valence-electron chi connectivity index (χ3n) is 5.75. The van der Waals surface area contributed by atoms with Gasteiger partial charge in [0, 0.05) is 23.6 Å². The van der Waals surface area contributed by atoms with Gasteiger partial charge in [-0.15, -0.1) is 0 Å². The van der Waals surface area contributed by atoms with Crippen molar-refractivity contribution in [1.82, 2.24) is 4.98 Å². The Morgan fingerprint density at radius 3 is 2.32 bits per heavy atom. The van der Waals surface area contributed by atoms with E-state index in [1.807, 2.05) is 24.0 Å². The number of anilines is 1. The van der Waals surface area contributed by atoms with E-state index in [0.29, 0.717) is 12.1 Å². The van der Waals surface area contributed by atoms with E-state index in [9.17, 15) is 4.79 Å². The van der Waals surface area contributed by atoms with Crippen LogP contribution >= 0.6 is 0 Å². The van der Waals surface area contributed by atoms with Crippen LogP contribution in [0.15, 0.2) is 85.2 Å². The summed E-state index contributed by atoms with van der Waals surface area (Å²) in [6.07, 6.45) is 3.42. The Morgan fingerprint density at radius 1 is 0.903 bits per heavy atom. The van der Waals surface area contributed by atoms with E-state index in [1.165, 1.54) is 16.3 Å². The highest BCUT2D eigenvalue weighted by molar-refractivity contribution is 6.07. The van der Waals surface area contributed by atoms with Crippen LogP contribution in [0.2, 0.25) is 0 Å². The number of carbonyl (C=O) groups excluding carboxylic acids is 1. The Labute approximate surface area is 184 Å². The molecule has 0 N–H and O–H groups in total. The minimum absolute atomic E-state index is 0.0173. The molecule has 1 aromatic heterocycles. The summed E-state index contributed by atoms with van der Waals surface area (Å²) in [4.78, 5) is 19.7. The molecular weight excluding hydrogens is 380 g/mol. The van der Waals surface area contributed by atoms with Crippen molar-refractivity contribution in [1.29, 1.82) is 0 Å². The van der Waals surface area contributed by atoms with Gasteiger partial charge in [0.1, 0.15) is 0 Å². The summed E-state index contributed by atoms with van der Waals surface area (Å²) in [6, 6.07) is 24.7. The molecule has 1 amide bonds. The second-order valence-corrected chi connectivity index (χ2v) is 9.02. The van der Waals surface area contributed by atoms with Gasteiger partial charge >= 0.3 is 0 Å². The van der Waals surface area contributed by atoms with E-state index in [2.05, 4.69) is 80.4 Å². The van der Waals surface area contributed by atoms with Gasteiger partial charge in [-0.1, -0.05) is 75.4 Å². The highest BCUT2D eigenvalue weighted by atomic mass is 16.2. The van der Waals surface area contributed by atoms with Crippen LogP contribution in [-0.2, 0) is 12.0 Å². The van der Waals surface area contributed by atoms with E-state index in [1.54, 1.807) is 18.5 Å². The normalized spacial score (nSPS) is 11.5. The molecule has 3 aromatic carbocycles. The number of rotatable bonds is 4. The summed E-state index contributed by atoms with van der Waals surface area (Å²) < 4.78 is 0. The van der Waals surface area contributed by atoms with Crippen LogP contribution in [0.1, 0.15) is 47.8 Å². The molecule has 1 heterocycles. The van der Waals surface area contributed by atoms with Crippen LogP contribution in [0.5, 0.6) is 0 Å². The number of carbonyl (C=O) groups is 1. The van der Waals surface area contributed by atoms with Gasteiger partial charge in [0.15, 0.2) is 0 Å². The number of nitrogens with zero attached hydrogens (tertiary/aromatic N) is 2. The van der Waals surface area contributed by atoms with Crippen LogP contribution in [-0.4, -0.2) is 10.9 Å². The van der Waals surface area contributed by atoms with E-state index in [-0.39, 0.29) is 11.3 Å². The summed E-state index contributed by atoms with van der Waals surface area (Å²) >= 11 is 0. The lowest BCUT2D eigenvalue weighted by molar-refractivity contribution is 0.0984. The van der Waals surface area contributed by atoms with E-state index in [0.717, 1.165) is 16.8 Å². The van der Waals surface area contributed by atoms with Crippen molar-refractivity contribution in [2.24, 2.45) is 0 Å². The standard InChI is InChI=1S/C28H28N2O/c1-20-18-29-17-16-25(20)27(31)30(24-14-12-23(13-15-24)28(2,3)4)19-22-10-7-9-21-8-5-6-11-26(21)22/h5-18H,19H2,1-4H3. The van der Waals surface area contributed by atoms with Gasteiger partial charge < -0.3 is 4.90 Å². The fourth-order valence-corrected chi connectivity index (χ4v) is 3.88. The van der Waals surface area contributed by atoms with Crippen molar-refractivity contribution in [2.75, 3.05) is 4.90 Å². The zero-order valence-electron chi connectivity index (χ0n) is 18.6. The van der Waals surface area contributed by atoms with Gasteiger partial charge in [-0.25, -0.2) is 0 Å². The lowest BCUT2D eigenvalue weighted by Gasteiger charge is -2.26. The lowest BCUT2D eigenvalue weighted by Crippen LogP contribution is -2.31. The molecule has 0 bridgehead atoms. The van der Waals surface area contributed by atoms with E-state index in [4.69, 9.17) is 0 Å². The Balaban J connectivity index is 1.79. The number of hydrogen-bond acceptors (Lipinski definition) is 2. The zero-order valence-corrected chi connectivity index (χ0v) is 18.6. The second kappa shape index (κ2) is 8.35. The first-order chi connectivity index (χ1) is 14.8. The van der Waals surface area contributed by atoms with Crippen molar-refractivity contribution < 1.29 is 4.79 Å². The van der Waals surface area contributed by atoms with Gasteiger partial charge in [0.05, 0.1) is 6.54 Å². The van der Waals surface area contributed by atoms with Crippen molar-refractivity contribution in [3.8, 4) is 0 Å². The molecule has 4 rings (SSSR count). The van der Waals surface area contributed by atoms with Crippen LogP contribution in [0.25, 0.3) is 10.8 Å². The van der Waals surface area contributed by atoms with Gasteiger partial charge in [0.2, 0.25) is 0 Å². The molecule has 31 heavy (non-hydrogen) atoms. The average Bonchev–Trinajstić information content (AvgIpc) is 2.77. The Hall–Kier alpha value is -3.46. The molecule has 0 saturated heterocycles. The topological polar surface area (TPSA) is 33.2 Å². The molecule has 3 heteroatoms. The fraction of sp³-hybridized carbons (Fsp3) is 0.214. The maximum absolute atomic E-state index is 13.7. The molecule has 0 fully saturated rings. The van der Waals surface area contributed by atoms with Crippen molar-refractivity contribution in [3.05, 3.63) is 107 Å². The molecule has 4 aromatic rings. The molecule has 0 aliphatic carbocycles. The summed E-state index contributed by atoms with van der Waals surface area (Å²) in [5.74, 6) is -0.0173. The molecule has 0 unspecified atom stereocenters. The Morgan fingerprint density at radius 2 is 1.61 bits per heavy atom. The lowest BCUT2D eigenvalue weighted by atomic mass is 9.87. The fourth-order valence-electron chi connectivity index (χ4n) is 3.88. The van der Waals surface area contributed by atoms with Crippen LogP contribution in [0.3, 0.4) is 0 Å². The van der Waals surface area contributed by atoms with Crippen molar-refractivity contribution >= 4 is 22.4 Å². The number of pyridine rings is 1. The summed E-state index contributed by atoms with van der Waals surface area (Å²) in [7, 11) is 0. The molecule has 156 valence electrons. The van der Waals surface area contributed by atoms with Gasteiger partial charge in [-0.3, -0.25) is 9.78 Å². The molecule has 3 nitrogen and oxygen atoms in total. The van der Waals surface area contributed by atoms with E-state index >= 15 is 0 Å². The quantitative estimate of drug-likeness (QED) is 0.377. The molecule has 0 radical (unpaired) electrons. The molecule has 0 spiro atoms. The third kappa shape index (κ3) is 4.36. The maximum Gasteiger partial charge on any atom is 0.258 e. The number of fused-ring (bicyclic) bond motifs is 1. The number of amides is 1. The van der Waals surface area contributed by atoms with Crippen LogP contribution < -0.4 is 4.90 Å². The van der Waals surface area contributed by atoms with Gasteiger partial charge in [0.25, 0.3) is 5.91 Å². The first-order valence-corrected chi connectivity index (χ1v) is 10.6. The van der Waals surface area contributed by atoms with Gasteiger partial charge in [-0.2, -0.15) is 0 Å². The summed E-state index contributed by atoms with van der Waals surface area (Å²) in [5, 5.41) is 2.34. The van der Waals surface area contributed by atoms with Crippen LogP contribution in [0, 0.1) is 6.92 Å². The summed E-state index contributed by atoms with van der Waals surface area (Å²) in [5.41, 5.74) is 4.87. The zero-order chi connectivity index (χ0) is 22.0. The first-order valence-electron chi connectivity index (χ1n) is 10.6. The minimum Gasteiger partial charge on any atom is -0.304 e. The second-order valence-electron chi connectivity index (χ2n) is 9.02. The Bertz CT molecular complexity index is 1210. The molecule has 0 aliphatic heterocycles. The predicted octanol–water partition coefficient (Wildman–Crippen LogP) is 6.69. The predicted molar refractivity (Wildman–Crippen MR) is 129 cm³/mol. The van der Waals surface area contributed by atoms with Gasteiger partial charge in [-0.05, 0) is 58.0 Å². The number of aryl methyl sites for hydroxylation is 1. The highest BCUT2D eigenvalue weighted by Crippen LogP contribution is 2.28. The summed E-state index contributed by atoms with van der Waals surface area (Å²) in [6.45, 7) is 9.01. The monoisotopic (exact) mass is 408 g/mol. The van der Waals surface area contributed by atoms with Crippen LogP contribution in [0.4, 0.5) is 5.69 Å². The molecular formula is C28H28N2O. The average molecular weight is 409 g/mol. The number of benzene rings is 3. The third-order valence-corrected chi connectivity index (χ3v) is 5.75.